The Bertz CT molecular complexity index is 309. The van der Waals surface area contributed by atoms with Crippen LogP contribution in [0.25, 0.3) is 0 Å². The topological polar surface area (TPSA) is 38.8 Å². The van der Waals surface area contributed by atoms with Gasteiger partial charge in [-0.25, -0.2) is 0 Å². The van der Waals surface area contributed by atoms with Crippen molar-refractivity contribution in [2.45, 2.75) is 45.1 Å². The van der Waals surface area contributed by atoms with Crippen molar-refractivity contribution < 1.29 is 14.3 Å². The minimum atomic E-state index is -0.0401. The maximum Gasteiger partial charge on any atom is 0.306 e. The molecule has 0 radical (unpaired) electrons. The number of nitrogens with zero attached hydrogens (tertiary/aromatic N) is 1. The van der Waals surface area contributed by atoms with Crippen LogP contribution < -0.4 is 0 Å². The highest BCUT2D eigenvalue weighted by Gasteiger charge is 2.24. The van der Waals surface area contributed by atoms with Crippen LogP contribution in [0.15, 0.2) is 12.3 Å². The summed E-state index contributed by atoms with van der Waals surface area (Å²) in [6, 6.07) is 0. The first-order valence-electron chi connectivity index (χ1n) is 7.46. The van der Waals surface area contributed by atoms with E-state index in [0.717, 1.165) is 45.3 Å². The van der Waals surface area contributed by atoms with E-state index in [1.807, 2.05) is 13.2 Å². The van der Waals surface area contributed by atoms with Crippen molar-refractivity contribution >= 4 is 5.97 Å². The first kappa shape index (κ1) is 14.4. The number of piperidine rings is 1. The van der Waals surface area contributed by atoms with E-state index in [0.29, 0.717) is 25.0 Å². The fourth-order valence-electron chi connectivity index (χ4n) is 2.84. The molecule has 0 bridgehead atoms. The normalized spacial score (nSPS) is 25.0. The molecule has 108 valence electrons. The van der Waals surface area contributed by atoms with Gasteiger partial charge in [0.25, 0.3) is 0 Å². The van der Waals surface area contributed by atoms with Gasteiger partial charge in [-0.15, -0.1) is 0 Å². The van der Waals surface area contributed by atoms with Crippen LogP contribution in [-0.4, -0.2) is 43.2 Å². The lowest BCUT2D eigenvalue weighted by Crippen LogP contribution is -2.40. The van der Waals surface area contributed by atoms with Crippen LogP contribution in [0, 0.1) is 5.92 Å². The maximum atomic E-state index is 11.4. The lowest BCUT2D eigenvalue weighted by atomic mass is 9.93. The van der Waals surface area contributed by atoms with Gasteiger partial charge < -0.3 is 9.47 Å². The van der Waals surface area contributed by atoms with Gasteiger partial charge in [0, 0.05) is 13.0 Å². The minimum absolute atomic E-state index is 0.0401. The van der Waals surface area contributed by atoms with Gasteiger partial charge in [-0.05, 0) is 57.7 Å². The van der Waals surface area contributed by atoms with Gasteiger partial charge in [0.15, 0.2) is 0 Å². The number of carbonyl (C=O) groups excluding carboxylic acids is 1. The minimum Gasteiger partial charge on any atom is -0.497 e. The van der Waals surface area contributed by atoms with Crippen molar-refractivity contribution in [3.05, 3.63) is 12.3 Å². The number of rotatable bonds is 5. The lowest BCUT2D eigenvalue weighted by Gasteiger charge is -2.34. The molecule has 0 amide bonds. The zero-order valence-corrected chi connectivity index (χ0v) is 11.8. The van der Waals surface area contributed by atoms with E-state index in [2.05, 4.69) is 11.0 Å². The summed E-state index contributed by atoms with van der Waals surface area (Å²) in [5.41, 5.74) is 0. The standard InChI is InChI=1S/C15H25NO3/c1-2-18-15(17)11-13-6-8-16(9-7-13)12-14-5-3-4-10-19-14/h4,10,13-14H,2-3,5-9,11-12H2,1H3/t14-/m1/s1. The van der Waals surface area contributed by atoms with E-state index >= 15 is 0 Å². The molecule has 0 saturated carbocycles. The van der Waals surface area contributed by atoms with Gasteiger partial charge in [0.1, 0.15) is 6.10 Å². The monoisotopic (exact) mass is 267 g/mol. The summed E-state index contributed by atoms with van der Waals surface area (Å²) in [5, 5.41) is 0. The Morgan fingerprint density at radius 1 is 1.37 bits per heavy atom. The van der Waals surface area contributed by atoms with Crippen molar-refractivity contribution in [3.63, 3.8) is 0 Å². The van der Waals surface area contributed by atoms with Crippen LogP contribution in [0.2, 0.25) is 0 Å². The number of carbonyl (C=O) groups is 1. The molecule has 2 aliphatic heterocycles. The summed E-state index contributed by atoms with van der Waals surface area (Å²) in [6.45, 7) is 5.53. The maximum absolute atomic E-state index is 11.4. The Morgan fingerprint density at radius 2 is 2.16 bits per heavy atom. The van der Waals surface area contributed by atoms with E-state index in [9.17, 15) is 4.79 Å². The summed E-state index contributed by atoms with van der Waals surface area (Å²) in [4.78, 5) is 13.9. The Kier molecular flexibility index (Phi) is 5.70. The van der Waals surface area contributed by atoms with E-state index in [1.165, 1.54) is 0 Å². The predicted octanol–water partition coefficient (Wildman–Crippen LogP) is 2.34. The van der Waals surface area contributed by atoms with Gasteiger partial charge in [0.2, 0.25) is 0 Å². The van der Waals surface area contributed by atoms with Crippen molar-refractivity contribution in [3.8, 4) is 0 Å². The van der Waals surface area contributed by atoms with E-state index in [4.69, 9.17) is 9.47 Å². The predicted molar refractivity (Wildman–Crippen MR) is 73.7 cm³/mol. The third-order valence-electron chi connectivity index (χ3n) is 3.95. The first-order valence-corrected chi connectivity index (χ1v) is 7.46. The summed E-state index contributed by atoms with van der Waals surface area (Å²) in [6.07, 6.45) is 9.31. The second-order valence-electron chi connectivity index (χ2n) is 5.46. The van der Waals surface area contributed by atoms with Crippen molar-refractivity contribution in [2.24, 2.45) is 5.92 Å². The van der Waals surface area contributed by atoms with Crippen molar-refractivity contribution in [1.82, 2.24) is 4.90 Å². The molecular weight excluding hydrogens is 242 g/mol. The highest BCUT2D eigenvalue weighted by Crippen LogP contribution is 2.22. The molecule has 4 heteroatoms. The third-order valence-corrected chi connectivity index (χ3v) is 3.95. The summed E-state index contributed by atoms with van der Waals surface area (Å²) in [7, 11) is 0. The molecule has 1 fully saturated rings. The molecule has 19 heavy (non-hydrogen) atoms. The quantitative estimate of drug-likeness (QED) is 0.717. The molecule has 2 rings (SSSR count). The van der Waals surface area contributed by atoms with E-state index < -0.39 is 0 Å². The fourth-order valence-corrected chi connectivity index (χ4v) is 2.84. The molecule has 0 aromatic heterocycles. The number of hydrogen-bond donors (Lipinski definition) is 0. The molecule has 1 atom stereocenters. The smallest absolute Gasteiger partial charge is 0.306 e. The number of esters is 1. The van der Waals surface area contributed by atoms with Crippen LogP contribution in [0.3, 0.4) is 0 Å². The van der Waals surface area contributed by atoms with Crippen LogP contribution in [0.4, 0.5) is 0 Å². The second-order valence-corrected chi connectivity index (χ2v) is 5.46. The largest absolute Gasteiger partial charge is 0.497 e. The summed E-state index contributed by atoms with van der Waals surface area (Å²) < 4.78 is 10.6. The third kappa shape index (κ3) is 4.86. The molecule has 0 aromatic rings. The number of allylic oxidation sites excluding steroid dienone is 1. The van der Waals surface area contributed by atoms with Crippen LogP contribution in [-0.2, 0) is 14.3 Å². The van der Waals surface area contributed by atoms with Crippen LogP contribution in [0.5, 0.6) is 0 Å². The van der Waals surface area contributed by atoms with Crippen LogP contribution in [0.1, 0.15) is 39.0 Å². The van der Waals surface area contributed by atoms with Crippen molar-refractivity contribution in [2.75, 3.05) is 26.2 Å². The fraction of sp³-hybridized carbons (Fsp3) is 0.800. The van der Waals surface area contributed by atoms with E-state index in [1.54, 1.807) is 0 Å². The molecule has 0 aromatic carbocycles. The zero-order valence-electron chi connectivity index (χ0n) is 11.8. The molecular formula is C15H25NO3. The first-order chi connectivity index (χ1) is 9.28. The molecule has 0 N–H and O–H groups in total. The average Bonchev–Trinajstić information content (AvgIpc) is 2.42. The SMILES string of the molecule is CCOC(=O)CC1CCN(C[C@H]2CCC=CO2)CC1. The van der Waals surface area contributed by atoms with Crippen molar-refractivity contribution in [1.29, 1.82) is 0 Å². The molecule has 0 aliphatic carbocycles. The molecule has 0 unspecified atom stereocenters. The molecule has 0 spiro atoms. The Hall–Kier alpha value is -1.03. The van der Waals surface area contributed by atoms with Gasteiger partial charge >= 0.3 is 5.97 Å². The van der Waals surface area contributed by atoms with Gasteiger partial charge in [-0.3, -0.25) is 9.69 Å². The highest BCUT2D eigenvalue weighted by atomic mass is 16.5. The highest BCUT2D eigenvalue weighted by molar-refractivity contribution is 5.69. The van der Waals surface area contributed by atoms with Gasteiger partial charge in [0.05, 0.1) is 12.9 Å². The summed E-state index contributed by atoms with van der Waals surface area (Å²) in [5.74, 6) is 0.462. The zero-order chi connectivity index (χ0) is 13.5. The lowest BCUT2D eigenvalue weighted by molar-refractivity contribution is -0.144. The average molecular weight is 267 g/mol. The number of ether oxygens (including phenoxy) is 2. The van der Waals surface area contributed by atoms with E-state index in [-0.39, 0.29) is 5.97 Å². The Balaban J connectivity index is 1.64. The molecule has 2 heterocycles. The Morgan fingerprint density at radius 3 is 2.79 bits per heavy atom. The molecule has 4 nitrogen and oxygen atoms in total. The second kappa shape index (κ2) is 7.53. The van der Waals surface area contributed by atoms with Gasteiger partial charge in [-0.1, -0.05) is 0 Å². The van der Waals surface area contributed by atoms with Crippen LogP contribution >= 0.6 is 0 Å². The molecule has 2 aliphatic rings. The summed E-state index contributed by atoms with van der Waals surface area (Å²) >= 11 is 0. The number of likely N-dealkylation sites (tertiary alicyclic amines) is 1. The van der Waals surface area contributed by atoms with Gasteiger partial charge in [-0.2, -0.15) is 0 Å². The number of hydrogen-bond acceptors (Lipinski definition) is 4. The Labute approximate surface area is 115 Å². The molecule has 1 saturated heterocycles.